The van der Waals surface area contributed by atoms with Crippen molar-refractivity contribution in [1.29, 1.82) is 0 Å². The van der Waals surface area contributed by atoms with Crippen LogP contribution in [-0.4, -0.2) is 28.9 Å². The number of ether oxygens (including phenoxy) is 1. The summed E-state index contributed by atoms with van der Waals surface area (Å²) in [5, 5.41) is 18.9. The second-order valence-corrected chi connectivity index (χ2v) is 5.47. The third-order valence-corrected chi connectivity index (χ3v) is 3.22. The number of terminal acetylenes is 1. The van der Waals surface area contributed by atoms with Gasteiger partial charge in [-0.3, -0.25) is 4.79 Å². The van der Waals surface area contributed by atoms with Crippen LogP contribution >= 0.6 is 0 Å². The minimum absolute atomic E-state index is 0.126. The summed E-state index contributed by atoms with van der Waals surface area (Å²) in [5.74, 6) is 2.03. The smallest absolute Gasteiger partial charge is 0.309 e. The Kier molecular flexibility index (Phi) is 19.7. The first kappa shape index (κ1) is 24.5. The molecule has 0 bridgehead atoms. The van der Waals surface area contributed by atoms with Gasteiger partial charge in [-0.2, -0.15) is 0 Å². The Balaban J connectivity index is 0. The number of aliphatic hydroxyl groups is 2. The molecule has 0 aliphatic heterocycles. The van der Waals surface area contributed by atoms with E-state index in [4.69, 9.17) is 9.84 Å². The van der Waals surface area contributed by atoms with Crippen LogP contribution in [0.15, 0.2) is 24.0 Å². The molecular formula is C20H34O4. The molecule has 138 valence electrons. The van der Waals surface area contributed by atoms with Crippen molar-refractivity contribution >= 4 is 5.97 Å². The van der Waals surface area contributed by atoms with Crippen molar-refractivity contribution in [3.63, 3.8) is 0 Å². The first-order valence-corrected chi connectivity index (χ1v) is 8.74. The highest BCUT2D eigenvalue weighted by Gasteiger charge is 2.06. The van der Waals surface area contributed by atoms with Crippen LogP contribution in [0, 0.1) is 12.3 Å². The zero-order valence-electron chi connectivity index (χ0n) is 15.5. The summed E-state index contributed by atoms with van der Waals surface area (Å²) in [5.41, 5.74) is 0. The lowest BCUT2D eigenvalue weighted by molar-refractivity contribution is -0.143. The molecule has 0 aromatic heterocycles. The van der Waals surface area contributed by atoms with Gasteiger partial charge < -0.3 is 14.9 Å². The van der Waals surface area contributed by atoms with Crippen LogP contribution in [0.3, 0.4) is 0 Å². The van der Waals surface area contributed by atoms with E-state index in [1.54, 1.807) is 26.0 Å². The Bertz CT molecular complexity index is 391. The van der Waals surface area contributed by atoms with Crippen molar-refractivity contribution in [2.45, 2.75) is 78.2 Å². The third kappa shape index (κ3) is 20.3. The maximum absolute atomic E-state index is 11.4. The molecule has 0 fully saturated rings. The average molecular weight is 338 g/mol. The number of carbonyl (C=O) groups excluding carboxylic acids is 1. The van der Waals surface area contributed by atoms with E-state index < -0.39 is 0 Å². The number of carbonyl (C=O) groups is 1. The lowest BCUT2D eigenvalue weighted by Gasteiger charge is -2.10. The standard InChI is InChI=1S/C17H30O4.C3H4/c1-3-5-6-7-8-10-16(19)13-14-21-17(20)12-9-11-15(18)4-2;1-3-2/h4,9,11,16,18-19H,3,5-8,10,12-14H2,1-2H3;1H,2H3/b11-9-,15-4+;. The quantitative estimate of drug-likeness (QED) is 0.178. The van der Waals surface area contributed by atoms with Crippen molar-refractivity contribution in [3.05, 3.63) is 24.0 Å². The zero-order chi connectivity index (χ0) is 18.6. The Hall–Kier alpha value is -1.73. The molecule has 0 aromatic rings. The molecule has 0 amide bonds. The summed E-state index contributed by atoms with van der Waals surface area (Å²) in [7, 11) is 0. The Labute approximate surface area is 147 Å². The van der Waals surface area contributed by atoms with Gasteiger partial charge in [-0.25, -0.2) is 0 Å². The molecule has 2 N–H and O–H groups in total. The number of allylic oxidation sites excluding steroid dienone is 2. The maximum atomic E-state index is 11.4. The summed E-state index contributed by atoms with van der Waals surface area (Å²) in [6, 6.07) is 0. The molecular weight excluding hydrogens is 304 g/mol. The minimum atomic E-state index is -0.387. The van der Waals surface area contributed by atoms with Gasteiger partial charge in [0.15, 0.2) is 0 Å². The predicted octanol–water partition coefficient (Wildman–Crippen LogP) is 4.69. The van der Waals surface area contributed by atoms with Gasteiger partial charge in [-0.1, -0.05) is 45.1 Å². The number of hydrogen-bond acceptors (Lipinski definition) is 4. The molecule has 0 heterocycles. The van der Waals surface area contributed by atoms with E-state index in [9.17, 15) is 9.90 Å². The van der Waals surface area contributed by atoms with Gasteiger partial charge in [-0.05, 0) is 32.4 Å². The van der Waals surface area contributed by atoms with Crippen LogP contribution in [0.1, 0.15) is 72.1 Å². The molecule has 0 rings (SSSR count). The van der Waals surface area contributed by atoms with Gasteiger partial charge in [0, 0.05) is 6.42 Å². The molecule has 0 aliphatic rings. The maximum Gasteiger partial charge on any atom is 0.309 e. The van der Waals surface area contributed by atoms with Crippen molar-refractivity contribution in [2.24, 2.45) is 0 Å². The zero-order valence-corrected chi connectivity index (χ0v) is 15.5. The topological polar surface area (TPSA) is 66.8 Å². The van der Waals surface area contributed by atoms with Crippen molar-refractivity contribution in [1.82, 2.24) is 0 Å². The van der Waals surface area contributed by atoms with Crippen LogP contribution in [-0.2, 0) is 9.53 Å². The van der Waals surface area contributed by atoms with Crippen LogP contribution in [0.5, 0.6) is 0 Å². The fourth-order valence-corrected chi connectivity index (χ4v) is 1.87. The predicted molar refractivity (Wildman–Crippen MR) is 99.6 cm³/mol. The van der Waals surface area contributed by atoms with Gasteiger partial charge in [0.25, 0.3) is 0 Å². The molecule has 0 saturated carbocycles. The van der Waals surface area contributed by atoms with Crippen LogP contribution in [0.2, 0.25) is 0 Å². The van der Waals surface area contributed by atoms with E-state index in [1.165, 1.54) is 25.3 Å². The fraction of sp³-hybridized carbons (Fsp3) is 0.650. The van der Waals surface area contributed by atoms with E-state index >= 15 is 0 Å². The summed E-state index contributed by atoms with van der Waals surface area (Å²) in [6.07, 6.45) is 16.1. The Morgan fingerprint density at radius 1 is 1.25 bits per heavy atom. The molecule has 1 unspecified atom stereocenters. The molecule has 4 heteroatoms. The van der Waals surface area contributed by atoms with E-state index in [0.29, 0.717) is 6.42 Å². The molecule has 0 saturated heterocycles. The molecule has 0 radical (unpaired) electrons. The van der Waals surface area contributed by atoms with Crippen LogP contribution < -0.4 is 0 Å². The summed E-state index contributed by atoms with van der Waals surface area (Å²) in [6.45, 7) is 5.79. The van der Waals surface area contributed by atoms with Gasteiger partial charge in [-0.15, -0.1) is 12.3 Å². The van der Waals surface area contributed by atoms with E-state index in [1.807, 2.05) is 0 Å². The molecule has 1 atom stereocenters. The fourth-order valence-electron chi connectivity index (χ4n) is 1.87. The number of hydrogen-bond donors (Lipinski definition) is 2. The second-order valence-electron chi connectivity index (χ2n) is 5.47. The van der Waals surface area contributed by atoms with E-state index in [-0.39, 0.29) is 30.9 Å². The number of unbranched alkanes of at least 4 members (excludes halogenated alkanes) is 4. The molecule has 0 aromatic carbocycles. The Morgan fingerprint density at radius 2 is 1.88 bits per heavy atom. The normalized spacial score (nSPS) is 12.2. The van der Waals surface area contributed by atoms with Crippen LogP contribution in [0.25, 0.3) is 0 Å². The number of rotatable bonds is 12. The Morgan fingerprint density at radius 3 is 2.46 bits per heavy atom. The largest absolute Gasteiger partial charge is 0.508 e. The lowest BCUT2D eigenvalue weighted by atomic mass is 10.1. The highest BCUT2D eigenvalue weighted by Crippen LogP contribution is 2.09. The monoisotopic (exact) mass is 338 g/mol. The number of aliphatic hydroxyl groups excluding tert-OH is 2. The second kappa shape index (κ2) is 19.3. The van der Waals surface area contributed by atoms with Gasteiger partial charge in [0.1, 0.15) is 5.76 Å². The molecule has 0 aliphatic carbocycles. The van der Waals surface area contributed by atoms with Gasteiger partial charge in [0.2, 0.25) is 0 Å². The van der Waals surface area contributed by atoms with E-state index in [0.717, 1.165) is 19.3 Å². The SMILES string of the molecule is C#CC.C/C=C(O)\C=C/CC(=O)OCCC(O)CCCCCCC. The van der Waals surface area contributed by atoms with Crippen molar-refractivity contribution in [3.8, 4) is 12.3 Å². The highest BCUT2D eigenvalue weighted by atomic mass is 16.5. The van der Waals surface area contributed by atoms with Crippen molar-refractivity contribution in [2.75, 3.05) is 6.61 Å². The van der Waals surface area contributed by atoms with Crippen molar-refractivity contribution < 1.29 is 19.7 Å². The molecule has 0 spiro atoms. The van der Waals surface area contributed by atoms with Gasteiger partial charge >= 0.3 is 5.97 Å². The summed E-state index contributed by atoms with van der Waals surface area (Å²) < 4.78 is 5.02. The first-order chi connectivity index (χ1) is 11.5. The summed E-state index contributed by atoms with van der Waals surface area (Å²) >= 11 is 0. The lowest BCUT2D eigenvalue weighted by Crippen LogP contribution is -2.13. The average Bonchev–Trinajstić information content (AvgIpc) is 2.55. The molecule has 4 nitrogen and oxygen atoms in total. The number of esters is 1. The van der Waals surface area contributed by atoms with E-state index in [2.05, 4.69) is 19.3 Å². The third-order valence-electron chi connectivity index (χ3n) is 3.22. The first-order valence-electron chi connectivity index (χ1n) is 8.74. The minimum Gasteiger partial charge on any atom is -0.508 e. The van der Waals surface area contributed by atoms with Gasteiger partial charge in [0.05, 0.1) is 19.1 Å². The highest BCUT2D eigenvalue weighted by molar-refractivity contribution is 5.71. The van der Waals surface area contributed by atoms with Crippen LogP contribution in [0.4, 0.5) is 0 Å². The molecule has 24 heavy (non-hydrogen) atoms. The summed E-state index contributed by atoms with van der Waals surface area (Å²) in [4.78, 5) is 11.4.